The monoisotopic (exact) mass is 296 g/mol. The van der Waals surface area contributed by atoms with E-state index in [0.717, 1.165) is 12.8 Å². The Balaban J connectivity index is 2.13. The molecule has 2 rings (SSSR count). The molecule has 1 saturated carbocycles. The van der Waals surface area contributed by atoms with E-state index in [1.165, 1.54) is 6.20 Å². The molecule has 3 N–H and O–H groups in total. The molecule has 1 heterocycles. The highest BCUT2D eigenvalue weighted by molar-refractivity contribution is 6.28. The van der Waals surface area contributed by atoms with Gasteiger partial charge in [0.1, 0.15) is 5.82 Å². The lowest BCUT2D eigenvalue weighted by atomic mass is 9.61. The highest BCUT2D eigenvalue weighted by atomic mass is 35.5. The fourth-order valence-corrected chi connectivity index (χ4v) is 3.08. The van der Waals surface area contributed by atoms with E-state index in [2.05, 4.69) is 36.1 Å². The molecule has 0 saturated heterocycles. The molecule has 1 aromatic heterocycles. The van der Waals surface area contributed by atoms with Crippen molar-refractivity contribution in [2.45, 2.75) is 39.7 Å². The molecule has 1 aromatic rings. The van der Waals surface area contributed by atoms with Crippen LogP contribution in [0.4, 0.5) is 5.82 Å². The zero-order valence-corrected chi connectivity index (χ0v) is 12.8. The maximum Gasteiger partial charge on any atom is 0.229 e. The van der Waals surface area contributed by atoms with Crippen molar-refractivity contribution in [3.05, 3.63) is 17.5 Å². The lowest BCUT2D eigenvalue weighted by molar-refractivity contribution is -0.127. The number of amides is 1. The molecule has 3 atom stereocenters. The van der Waals surface area contributed by atoms with E-state index in [9.17, 15) is 4.79 Å². The summed E-state index contributed by atoms with van der Waals surface area (Å²) >= 11 is 5.72. The normalized spacial score (nSPS) is 28.9. The average molecular weight is 297 g/mol. The summed E-state index contributed by atoms with van der Waals surface area (Å²) < 4.78 is 0. The molecular weight excluding hydrogens is 276 g/mol. The van der Waals surface area contributed by atoms with Gasteiger partial charge in [-0.3, -0.25) is 4.79 Å². The second kappa shape index (κ2) is 5.66. The zero-order chi connectivity index (χ0) is 14.9. The highest BCUT2D eigenvalue weighted by Crippen LogP contribution is 2.44. The minimum absolute atomic E-state index is 0.0245. The number of halogens is 1. The quantitative estimate of drug-likeness (QED) is 0.822. The number of hydrogen-bond acceptors (Lipinski definition) is 4. The largest absolute Gasteiger partial charge is 0.327 e. The minimum atomic E-state index is -0.140. The Labute approximate surface area is 124 Å². The van der Waals surface area contributed by atoms with Crippen molar-refractivity contribution in [2.75, 3.05) is 5.32 Å². The van der Waals surface area contributed by atoms with E-state index < -0.39 is 0 Å². The van der Waals surface area contributed by atoms with Crippen molar-refractivity contribution >= 4 is 23.3 Å². The van der Waals surface area contributed by atoms with Gasteiger partial charge in [0.2, 0.25) is 11.2 Å². The van der Waals surface area contributed by atoms with Crippen LogP contribution in [0.1, 0.15) is 33.6 Å². The average Bonchev–Trinajstić information content (AvgIpc) is 2.36. The molecule has 1 aliphatic carbocycles. The fourth-order valence-electron chi connectivity index (χ4n) is 2.94. The molecule has 0 bridgehead atoms. The van der Waals surface area contributed by atoms with E-state index >= 15 is 0 Å². The van der Waals surface area contributed by atoms with Crippen molar-refractivity contribution in [1.29, 1.82) is 0 Å². The highest BCUT2D eigenvalue weighted by Gasteiger charge is 2.45. The van der Waals surface area contributed by atoms with Crippen molar-refractivity contribution in [2.24, 2.45) is 23.0 Å². The van der Waals surface area contributed by atoms with Crippen LogP contribution in [0.3, 0.4) is 0 Å². The summed E-state index contributed by atoms with van der Waals surface area (Å²) in [4.78, 5) is 20.3. The van der Waals surface area contributed by atoms with Crippen molar-refractivity contribution in [3.8, 4) is 0 Å². The lowest BCUT2D eigenvalue weighted by Gasteiger charge is -2.45. The molecule has 110 valence electrons. The molecule has 0 radical (unpaired) electrons. The van der Waals surface area contributed by atoms with Gasteiger partial charge >= 0.3 is 0 Å². The molecule has 5 nitrogen and oxygen atoms in total. The number of nitrogens with two attached hydrogens (primary N) is 1. The molecule has 0 aliphatic heterocycles. The maximum absolute atomic E-state index is 12.5. The SMILES string of the molecule is CC1C(N)CCC(C(=O)Nc2ccnc(Cl)n2)C1(C)C. The van der Waals surface area contributed by atoms with Crippen molar-refractivity contribution in [1.82, 2.24) is 9.97 Å². The van der Waals surface area contributed by atoms with Gasteiger partial charge in [-0.1, -0.05) is 20.8 Å². The molecule has 1 amide bonds. The van der Waals surface area contributed by atoms with Crippen LogP contribution in [-0.2, 0) is 4.79 Å². The van der Waals surface area contributed by atoms with Crippen LogP contribution in [0.2, 0.25) is 5.28 Å². The number of aromatic nitrogens is 2. The van der Waals surface area contributed by atoms with Crippen LogP contribution in [0, 0.1) is 17.3 Å². The molecule has 3 unspecified atom stereocenters. The standard InChI is InChI=1S/C14H21ClN4O/c1-8-10(16)5-4-9(14(8,2)3)12(20)18-11-6-7-17-13(15)19-11/h6-10H,4-5,16H2,1-3H3,(H,17,18,19,20). The first kappa shape index (κ1) is 15.2. The van der Waals surface area contributed by atoms with Crippen LogP contribution < -0.4 is 11.1 Å². The Bertz CT molecular complexity index is 506. The van der Waals surface area contributed by atoms with E-state index in [4.69, 9.17) is 17.3 Å². The van der Waals surface area contributed by atoms with Gasteiger partial charge in [0.15, 0.2) is 0 Å². The summed E-state index contributed by atoms with van der Waals surface area (Å²) in [7, 11) is 0. The summed E-state index contributed by atoms with van der Waals surface area (Å²) in [6, 6.07) is 1.79. The van der Waals surface area contributed by atoms with E-state index in [-0.39, 0.29) is 28.6 Å². The summed E-state index contributed by atoms with van der Waals surface area (Å²) in [5, 5.41) is 2.95. The minimum Gasteiger partial charge on any atom is -0.327 e. The first-order valence-electron chi connectivity index (χ1n) is 6.87. The second-order valence-corrected chi connectivity index (χ2v) is 6.44. The Morgan fingerprint density at radius 1 is 1.50 bits per heavy atom. The van der Waals surface area contributed by atoms with Gasteiger partial charge in [0, 0.05) is 18.2 Å². The van der Waals surface area contributed by atoms with Gasteiger partial charge in [-0.25, -0.2) is 9.97 Å². The summed E-state index contributed by atoms with van der Waals surface area (Å²) in [6.45, 7) is 6.33. The predicted octanol–water partition coefficient (Wildman–Crippen LogP) is 2.47. The van der Waals surface area contributed by atoms with Crippen molar-refractivity contribution in [3.63, 3.8) is 0 Å². The fraction of sp³-hybridized carbons (Fsp3) is 0.643. The maximum atomic E-state index is 12.5. The van der Waals surface area contributed by atoms with Gasteiger partial charge in [-0.05, 0) is 41.8 Å². The van der Waals surface area contributed by atoms with Crippen LogP contribution in [0.15, 0.2) is 12.3 Å². The molecular formula is C14H21ClN4O. The van der Waals surface area contributed by atoms with Gasteiger partial charge in [0.25, 0.3) is 0 Å². The number of anilines is 1. The van der Waals surface area contributed by atoms with E-state index in [1.54, 1.807) is 6.07 Å². The van der Waals surface area contributed by atoms with Crippen LogP contribution in [0.5, 0.6) is 0 Å². The molecule has 1 aliphatic rings. The predicted molar refractivity (Wildman–Crippen MR) is 79.3 cm³/mol. The molecule has 6 heteroatoms. The Kier molecular flexibility index (Phi) is 4.30. The second-order valence-electron chi connectivity index (χ2n) is 6.10. The zero-order valence-electron chi connectivity index (χ0n) is 12.1. The third kappa shape index (κ3) is 2.94. The number of nitrogens with zero attached hydrogens (tertiary/aromatic N) is 2. The Hall–Kier alpha value is -1.20. The molecule has 1 fully saturated rings. The number of rotatable bonds is 2. The summed E-state index contributed by atoms with van der Waals surface area (Å²) in [6.07, 6.45) is 3.19. The van der Waals surface area contributed by atoms with E-state index in [0.29, 0.717) is 11.7 Å². The molecule has 20 heavy (non-hydrogen) atoms. The first-order chi connectivity index (χ1) is 9.32. The van der Waals surface area contributed by atoms with Gasteiger partial charge in [-0.15, -0.1) is 0 Å². The summed E-state index contributed by atoms with van der Waals surface area (Å²) in [5.41, 5.74) is 5.98. The topological polar surface area (TPSA) is 80.9 Å². The summed E-state index contributed by atoms with van der Waals surface area (Å²) in [5.74, 6) is 0.629. The van der Waals surface area contributed by atoms with Gasteiger partial charge in [0.05, 0.1) is 0 Å². The van der Waals surface area contributed by atoms with Crippen molar-refractivity contribution < 1.29 is 4.79 Å². The Morgan fingerprint density at radius 3 is 2.85 bits per heavy atom. The number of hydrogen-bond donors (Lipinski definition) is 2. The van der Waals surface area contributed by atoms with Crippen LogP contribution in [0.25, 0.3) is 0 Å². The molecule has 0 aromatic carbocycles. The third-order valence-electron chi connectivity index (χ3n) is 4.70. The van der Waals surface area contributed by atoms with E-state index in [1.807, 2.05) is 0 Å². The van der Waals surface area contributed by atoms with Crippen LogP contribution >= 0.6 is 11.6 Å². The van der Waals surface area contributed by atoms with Gasteiger partial charge < -0.3 is 11.1 Å². The lowest BCUT2D eigenvalue weighted by Crippen LogP contribution is -2.50. The number of carbonyl (C=O) groups excluding carboxylic acids is 1. The van der Waals surface area contributed by atoms with Crippen LogP contribution in [-0.4, -0.2) is 21.9 Å². The number of nitrogens with one attached hydrogen (secondary N) is 1. The Morgan fingerprint density at radius 2 is 2.20 bits per heavy atom. The molecule has 0 spiro atoms. The number of carbonyl (C=O) groups is 1. The van der Waals surface area contributed by atoms with Gasteiger partial charge in [-0.2, -0.15) is 0 Å². The smallest absolute Gasteiger partial charge is 0.229 e. The third-order valence-corrected chi connectivity index (χ3v) is 4.88. The first-order valence-corrected chi connectivity index (χ1v) is 7.25.